The van der Waals surface area contributed by atoms with Gasteiger partial charge in [0.15, 0.2) is 5.76 Å². The molecule has 0 aliphatic heterocycles. The van der Waals surface area contributed by atoms with Crippen molar-refractivity contribution in [2.45, 2.75) is 12.5 Å². The Morgan fingerprint density at radius 1 is 0.897 bits per heavy atom. The quantitative estimate of drug-likeness (QED) is 0.467. The second-order valence-electron chi connectivity index (χ2n) is 6.69. The summed E-state index contributed by atoms with van der Waals surface area (Å²) in [6, 6.07) is 28.6. The molecule has 144 valence electrons. The van der Waals surface area contributed by atoms with Crippen LogP contribution in [0.1, 0.15) is 22.9 Å². The Hall–Kier alpha value is -3.37. The van der Waals surface area contributed by atoms with Gasteiger partial charge in [-0.3, -0.25) is 4.79 Å². The van der Waals surface area contributed by atoms with E-state index >= 15 is 0 Å². The smallest absolute Gasteiger partial charge is 0.226 e. The number of halogens is 1. The second-order valence-corrected chi connectivity index (χ2v) is 7.12. The molecular weight excluding hydrogens is 384 g/mol. The molecule has 0 saturated heterocycles. The van der Waals surface area contributed by atoms with Crippen LogP contribution in [-0.4, -0.2) is 11.1 Å². The maximum Gasteiger partial charge on any atom is 0.226 e. The van der Waals surface area contributed by atoms with E-state index in [2.05, 4.69) is 10.5 Å². The molecule has 0 spiro atoms. The molecule has 4 nitrogen and oxygen atoms in total. The predicted molar refractivity (Wildman–Crippen MR) is 114 cm³/mol. The number of benzene rings is 3. The Balaban J connectivity index is 1.49. The normalized spacial score (nSPS) is 10.8. The molecule has 0 aliphatic carbocycles. The number of nitrogens with zero attached hydrogens (tertiary/aromatic N) is 1. The van der Waals surface area contributed by atoms with Gasteiger partial charge < -0.3 is 9.84 Å². The topological polar surface area (TPSA) is 55.1 Å². The maximum atomic E-state index is 12.7. The molecule has 0 atom stereocenters. The van der Waals surface area contributed by atoms with Gasteiger partial charge >= 0.3 is 0 Å². The molecule has 0 fully saturated rings. The fourth-order valence-corrected chi connectivity index (χ4v) is 3.30. The molecule has 0 unspecified atom stereocenters. The lowest BCUT2D eigenvalue weighted by Gasteiger charge is -2.19. The van der Waals surface area contributed by atoms with Crippen LogP contribution in [0, 0.1) is 0 Å². The zero-order chi connectivity index (χ0) is 20.1. The molecule has 0 bridgehead atoms. The van der Waals surface area contributed by atoms with Crippen molar-refractivity contribution in [2.75, 3.05) is 0 Å². The minimum atomic E-state index is -0.229. The highest BCUT2D eigenvalue weighted by Gasteiger charge is 2.18. The number of rotatable bonds is 6. The first-order valence-electron chi connectivity index (χ1n) is 9.30. The van der Waals surface area contributed by atoms with E-state index in [0.29, 0.717) is 16.5 Å². The van der Waals surface area contributed by atoms with Crippen molar-refractivity contribution in [1.29, 1.82) is 0 Å². The maximum absolute atomic E-state index is 12.7. The van der Waals surface area contributed by atoms with E-state index in [1.807, 2.05) is 72.8 Å². The average Bonchev–Trinajstić information content (AvgIpc) is 3.22. The summed E-state index contributed by atoms with van der Waals surface area (Å²) >= 11 is 5.92. The number of amides is 1. The van der Waals surface area contributed by atoms with Crippen LogP contribution in [0.15, 0.2) is 95.5 Å². The summed E-state index contributed by atoms with van der Waals surface area (Å²) in [5, 5.41) is 7.81. The Morgan fingerprint density at radius 2 is 1.48 bits per heavy atom. The molecule has 4 aromatic rings. The molecule has 1 N–H and O–H groups in total. The van der Waals surface area contributed by atoms with E-state index in [9.17, 15) is 4.79 Å². The molecule has 0 saturated carbocycles. The van der Waals surface area contributed by atoms with Crippen molar-refractivity contribution in [3.8, 4) is 11.3 Å². The summed E-state index contributed by atoms with van der Waals surface area (Å²) in [5.74, 6) is 0.478. The van der Waals surface area contributed by atoms with Crippen LogP contribution in [0.4, 0.5) is 0 Å². The van der Waals surface area contributed by atoms with Gasteiger partial charge in [-0.1, -0.05) is 77.4 Å². The molecule has 0 radical (unpaired) electrons. The summed E-state index contributed by atoms with van der Waals surface area (Å²) in [7, 11) is 0. The number of carbonyl (C=O) groups is 1. The Bertz CT molecular complexity index is 1040. The third-order valence-electron chi connectivity index (χ3n) is 4.60. The first-order valence-corrected chi connectivity index (χ1v) is 9.67. The summed E-state index contributed by atoms with van der Waals surface area (Å²) in [6.07, 6.45) is 0.132. The van der Waals surface area contributed by atoms with Gasteiger partial charge in [0, 0.05) is 16.7 Å². The number of aromatic nitrogens is 1. The Morgan fingerprint density at radius 3 is 2.07 bits per heavy atom. The van der Waals surface area contributed by atoms with E-state index in [4.69, 9.17) is 16.1 Å². The van der Waals surface area contributed by atoms with Gasteiger partial charge in [-0.15, -0.1) is 0 Å². The molecule has 4 rings (SSSR count). The van der Waals surface area contributed by atoms with E-state index in [0.717, 1.165) is 16.7 Å². The lowest BCUT2D eigenvalue weighted by atomic mass is 9.98. The van der Waals surface area contributed by atoms with Gasteiger partial charge in [-0.2, -0.15) is 0 Å². The molecule has 29 heavy (non-hydrogen) atoms. The molecule has 3 aromatic carbocycles. The summed E-state index contributed by atoms with van der Waals surface area (Å²) in [4.78, 5) is 12.7. The molecule has 0 aliphatic rings. The third kappa shape index (κ3) is 4.73. The number of carbonyl (C=O) groups excluding carboxylic acids is 1. The fourth-order valence-electron chi connectivity index (χ4n) is 3.17. The van der Waals surface area contributed by atoms with Crippen LogP contribution in [0.25, 0.3) is 11.3 Å². The highest BCUT2D eigenvalue weighted by molar-refractivity contribution is 6.30. The van der Waals surface area contributed by atoms with Crippen molar-refractivity contribution in [3.05, 3.63) is 113 Å². The van der Waals surface area contributed by atoms with Crippen LogP contribution >= 0.6 is 11.6 Å². The van der Waals surface area contributed by atoms with Gasteiger partial charge in [-0.25, -0.2) is 0 Å². The lowest BCUT2D eigenvalue weighted by Crippen LogP contribution is -2.30. The van der Waals surface area contributed by atoms with Gasteiger partial charge in [-0.05, 0) is 35.4 Å². The fraction of sp³-hybridized carbons (Fsp3) is 0.0833. The first-order chi connectivity index (χ1) is 14.2. The van der Waals surface area contributed by atoms with Crippen molar-refractivity contribution < 1.29 is 9.32 Å². The van der Waals surface area contributed by atoms with Gasteiger partial charge in [0.2, 0.25) is 5.91 Å². The van der Waals surface area contributed by atoms with Crippen LogP contribution in [0.5, 0.6) is 0 Å². The Kier molecular flexibility index (Phi) is 5.73. The van der Waals surface area contributed by atoms with Crippen LogP contribution in [0.3, 0.4) is 0 Å². The molecule has 5 heteroatoms. The largest absolute Gasteiger partial charge is 0.356 e. The molecule has 1 aromatic heterocycles. The SMILES string of the molecule is O=C(Cc1cc(-c2ccc(Cl)cc2)on1)NC(c1ccccc1)c1ccccc1. The van der Waals surface area contributed by atoms with Crippen molar-refractivity contribution in [3.63, 3.8) is 0 Å². The van der Waals surface area contributed by atoms with E-state index in [-0.39, 0.29) is 18.4 Å². The summed E-state index contributed by atoms with van der Waals surface area (Å²) in [5.41, 5.74) is 3.48. The van der Waals surface area contributed by atoms with Crippen molar-refractivity contribution in [2.24, 2.45) is 0 Å². The van der Waals surface area contributed by atoms with Crippen molar-refractivity contribution >= 4 is 17.5 Å². The van der Waals surface area contributed by atoms with Gasteiger partial charge in [0.25, 0.3) is 0 Å². The van der Waals surface area contributed by atoms with Crippen molar-refractivity contribution in [1.82, 2.24) is 10.5 Å². The van der Waals surface area contributed by atoms with Gasteiger partial charge in [0.1, 0.15) is 0 Å². The zero-order valence-electron chi connectivity index (χ0n) is 15.6. The first kappa shape index (κ1) is 19.0. The van der Waals surface area contributed by atoms with Crippen LogP contribution in [-0.2, 0) is 11.2 Å². The third-order valence-corrected chi connectivity index (χ3v) is 4.85. The van der Waals surface area contributed by atoms with Crippen LogP contribution < -0.4 is 5.32 Å². The minimum Gasteiger partial charge on any atom is -0.356 e. The summed E-state index contributed by atoms with van der Waals surface area (Å²) in [6.45, 7) is 0. The highest BCUT2D eigenvalue weighted by atomic mass is 35.5. The summed E-state index contributed by atoms with van der Waals surface area (Å²) < 4.78 is 5.39. The monoisotopic (exact) mass is 402 g/mol. The zero-order valence-corrected chi connectivity index (χ0v) is 16.3. The van der Waals surface area contributed by atoms with E-state index in [1.165, 1.54) is 0 Å². The minimum absolute atomic E-state index is 0.126. The molecule has 1 heterocycles. The van der Waals surface area contributed by atoms with E-state index < -0.39 is 0 Å². The Labute approximate surface area is 174 Å². The highest BCUT2D eigenvalue weighted by Crippen LogP contribution is 2.24. The number of nitrogens with one attached hydrogen (secondary N) is 1. The van der Waals surface area contributed by atoms with Gasteiger partial charge in [0.05, 0.1) is 18.2 Å². The number of hydrogen-bond acceptors (Lipinski definition) is 3. The second kappa shape index (κ2) is 8.76. The number of hydrogen-bond donors (Lipinski definition) is 1. The standard InChI is InChI=1S/C24H19ClN2O2/c25-20-13-11-17(12-14-20)22-15-21(27-29-22)16-23(28)26-24(18-7-3-1-4-8-18)19-9-5-2-6-10-19/h1-15,24H,16H2,(H,26,28). The molecular formula is C24H19ClN2O2. The molecule has 1 amide bonds. The lowest BCUT2D eigenvalue weighted by molar-refractivity contribution is -0.121. The predicted octanol–water partition coefficient (Wildman–Crippen LogP) is 5.44. The van der Waals surface area contributed by atoms with Crippen LogP contribution in [0.2, 0.25) is 5.02 Å². The van der Waals surface area contributed by atoms with E-state index in [1.54, 1.807) is 18.2 Å². The average molecular weight is 403 g/mol.